The van der Waals surface area contributed by atoms with Crippen LogP contribution in [0.5, 0.6) is 0 Å². The molecule has 7 nitrogen and oxygen atoms in total. The Bertz CT molecular complexity index is 1040. The van der Waals surface area contributed by atoms with Gasteiger partial charge in [-0.25, -0.2) is 13.8 Å². The van der Waals surface area contributed by atoms with Gasteiger partial charge in [0.15, 0.2) is 0 Å². The molecule has 0 radical (unpaired) electrons. The Labute approximate surface area is 146 Å². The lowest BCUT2D eigenvalue weighted by Gasteiger charge is -2.09. The Kier molecular flexibility index (Phi) is 4.61. The number of carbonyl (C=O) groups is 1. The summed E-state index contributed by atoms with van der Waals surface area (Å²) in [5.74, 6) is -2.23. The fourth-order valence-electron chi connectivity index (χ4n) is 2.38. The van der Waals surface area contributed by atoms with Crippen LogP contribution in [-0.2, 0) is 6.42 Å². The molecule has 0 bridgehead atoms. The second-order valence-electron chi connectivity index (χ2n) is 5.57. The largest absolute Gasteiger partial charge is 0.306 e. The third-order valence-corrected chi connectivity index (χ3v) is 3.59. The summed E-state index contributed by atoms with van der Waals surface area (Å²) in [7, 11) is 0. The first-order valence-corrected chi connectivity index (χ1v) is 7.81. The van der Waals surface area contributed by atoms with Gasteiger partial charge in [0.1, 0.15) is 17.5 Å². The van der Waals surface area contributed by atoms with Crippen molar-refractivity contribution in [1.82, 2.24) is 19.7 Å². The van der Waals surface area contributed by atoms with Gasteiger partial charge in [0, 0.05) is 23.9 Å². The van der Waals surface area contributed by atoms with E-state index in [4.69, 9.17) is 0 Å². The van der Waals surface area contributed by atoms with E-state index in [-0.39, 0.29) is 22.9 Å². The molecule has 0 unspecified atom stereocenters. The lowest BCUT2D eigenvalue weighted by molar-refractivity contribution is 0.102. The third-order valence-electron chi connectivity index (χ3n) is 3.59. The summed E-state index contributed by atoms with van der Waals surface area (Å²) < 4.78 is 28.1. The van der Waals surface area contributed by atoms with E-state index in [1.165, 1.54) is 16.8 Å². The zero-order valence-electron chi connectivity index (χ0n) is 14.0. The number of aromatic amines is 1. The number of H-pyrrole nitrogens is 1. The standard InChI is InChI=1S/C17H15F2N5O2/c1-3-11-8-15(25)22-17(20-11)24-14(6-9(2)23-24)21-16(26)12-5-4-10(18)7-13(12)19/h4-8H,3H2,1-2H3,(H,21,26)(H,20,22,25). The first kappa shape index (κ1) is 17.5. The highest BCUT2D eigenvalue weighted by molar-refractivity contribution is 6.04. The summed E-state index contributed by atoms with van der Waals surface area (Å²) in [5, 5.41) is 6.70. The van der Waals surface area contributed by atoms with E-state index in [1.54, 1.807) is 6.92 Å². The Morgan fingerprint density at radius 3 is 2.73 bits per heavy atom. The number of nitrogens with zero attached hydrogens (tertiary/aromatic N) is 3. The highest BCUT2D eigenvalue weighted by atomic mass is 19.1. The molecule has 1 aromatic carbocycles. The monoisotopic (exact) mass is 359 g/mol. The first-order valence-electron chi connectivity index (χ1n) is 7.81. The van der Waals surface area contributed by atoms with E-state index in [1.807, 2.05) is 6.92 Å². The minimum atomic E-state index is -0.982. The molecule has 1 amide bonds. The summed E-state index contributed by atoms with van der Waals surface area (Å²) in [6.07, 6.45) is 0.541. The van der Waals surface area contributed by atoms with E-state index >= 15 is 0 Å². The maximum Gasteiger partial charge on any atom is 0.259 e. The fourth-order valence-corrected chi connectivity index (χ4v) is 2.38. The average molecular weight is 359 g/mol. The van der Waals surface area contributed by atoms with Crippen LogP contribution < -0.4 is 10.9 Å². The van der Waals surface area contributed by atoms with Crippen LogP contribution in [0.25, 0.3) is 5.95 Å². The number of anilines is 1. The van der Waals surface area contributed by atoms with Crippen molar-refractivity contribution < 1.29 is 13.6 Å². The highest BCUT2D eigenvalue weighted by Gasteiger charge is 2.17. The van der Waals surface area contributed by atoms with Crippen molar-refractivity contribution in [3.05, 3.63) is 69.3 Å². The Morgan fingerprint density at radius 1 is 1.27 bits per heavy atom. The van der Waals surface area contributed by atoms with Crippen molar-refractivity contribution in [2.45, 2.75) is 20.3 Å². The second kappa shape index (κ2) is 6.87. The zero-order chi connectivity index (χ0) is 18.8. The summed E-state index contributed by atoms with van der Waals surface area (Å²) in [6.45, 7) is 3.53. The molecular formula is C17H15F2N5O2. The van der Waals surface area contributed by atoms with Gasteiger partial charge >= 0.3 is 0 Å². The van der Waals surface area contributed by atoms with Crippen LogP contribution in [0.4, 0.5) is 14.6 Å². The molecule has 0 spiro atoms. The molecule has 0 aliphatic carbocycles. The van der Waals surface area contributed by atoms with Crippen LogP contribution >= 0.6 is 0 Å². The topological polar surface area (TPSA) is 92.7 Å². The molecule has 3 rings (SSSR count). The molecule has 0 atom stereocenters. The van der Waals surface area contributed by atoms with E-state index in [2.05, 4.69) is 20.4 Å². The summed E-state index contributed by atoms with van der Waals surface area (Å²) >= 11 is 0. The summed E-state index contributed by atoms with van der Waals surface area (Å²) in [6, 6.07) is 5.57. The number of aryl methyl sites for hydroxylation is 2. The summed E-state index contributed by atoms with van der Waals surface area (Å²) in [5.41, 5.74) is 0.422. The Morgan fingerprint density at radius 2 is 2.04 bits per heavy atom. The van der Waals surface area contributed by atoms with Crippen LogP contribution in [0.3, 0.4) is 0 Å². The van der Waals surface area contributed by atoms with Crippen LogP contribution in [-0.4, -0.2) is 25.7 Å². The van der Waals surface area contributed by atoms with Gasteiger partial charge in [0.05, 0.1) is 11.3 Å². The molecule has 2 aromatic heterocycles. The molecule has 0 saturated heterocycles. The van der Waals surface area contributed by atoms with Crippen molar-refractivity contribution in [1.29, 1.82) is 0 Å². The average Bonchev–Trinajstić information content (AvgIpc) is 2.94. The zero-order valence-corrected chi connectivity index (χ0v) is 14.0. The molecule has 9 heteroatoms. The maximum atomic E-state index is 13.8. The van der Waals surface area contributed by atoms with Gasteiger partial charge in [-0.15, -0.1) is 0 Å². The van der Waals surface area contributed by atoms with Crippen LogP contribution in [0.15, 0.2) is 35.1 Å². The van der Waals surface area contributed by atoms with Gasteiger partial charge in [-0.1, -0.05) is 6.92 Å². The predicted octanol–water partition coefficient (Wildman–Crippen LogP) is 2.36. The molecule has 134 valence electrons. The number of aromatic nitrogens is 4. The molecule has 2 heterocycles. The van der Waals surface area contributed by atoms with Crippen molar-refractivity contribution in [2.24, 2.45) is 0 Å². The number of nitrogens with one attached hydrogen (secondary N) is 2. The molecule has 0 saturated carbocycles. The van der Waals surface area contributed by atoms with Gasteiger partial charge in [0.25, 0.3) is 11.5 Å². The molecule has 0 fully saturated rings. The van der Waals surface area contributed by atoms with Gasteiger partial charge in [0.2, 0.25) is 5.95 Å². The number of rotatable bonds is 4. The highest BCUT2D eigenvalue weighted by Crippen LogP contribution is 2.17. The second-order valence-corrected chi connectivity index (χ2v) is 5.57. The number of benzene rings is 1. The molecule has 3 aromatic rings. The van der Waals surface area contributed by atoms with Gasteiger partial charge in [-0.05, 0) is 25.5 Å². The third kappa shape index (κ3) is 3.51. The van der Waals surface area contributed by atoms with E-state index in [0.717, 1.165) is 12.1 Å². The molecular weight excluding hydrogens is 344 g/mol. The Hall–Kier alpha value is -3.36. The van der Waals surface area contributed by atoms with Crippen LogP contribution in [0.2, 0.25) is 0 Å². The van der Waals surface area contributed by atoms with Crippen molar-refractivity contribution >= 4 is 11.7 Å². The molecule has 26 heavy (non-hydrogen) atoms. The van der Waals surface area contributed by atoms with Crippen LogP contribution in [0.1, 0.15) is 28.7 Å². The lowest BCUT2D eigenvalue weighted by atomic mass is 10.2. The van der Waals surface area contributed by atoms with E-state index in [9.17, 15) is 18.4 Å². The number of amides is 1. The number of hydrogen-bond acceptors (Lipinski definition) is 4. The first-order chi connectivity index (χ1) is 12.4. The smallest absolute Gasteiger partial charge is 0.259 e. The molecule has 2 N–H and O–H groups in total. The SMILES string of the molecule is CCc1cc(=O)[nH]c(-n2nc(C)cc2NC(=O)c2ccc(F)cc2F)n1. The molecule has 0 aliphatic heterocycles. The lowest BCUT2D eigenvalue weighted by Crippen LogP contribution is -2.20. The number of halogens is 2. The van der Waals surface area contributed by atoms with Gasteiger partial charge < -0.3 is 5.32 Å². The minimum absolute atomic E-state index is 0.123. The van der Waals surface area contributed by atoms with Crippen molar-refractivity contribution in [2.75, 3.05) is 5.32 Å². The molecule has 0 aliphatic rings. The van der Waals surface area contributed by atoms with Crippen LogP contribution in [0, 0.1) is 18.6 Å². The predicted molar refractivity (Wildman–Crippen MR) is 90.4 cm³/mol. The van der Waals surface area contributed by atoms with E-state index < -0.39 is 17.5 Å². The maximum absolute atomic E-state index is 13.8. The number of carbonyl (C=O) groups excluding carboxylic acids is 1. The van der Waals surface area contributed by atoms with Crippen molar-refractivity contribution in [3.63, 3.8) is 0 Å². The van der Waals surface area contributed by atoms with E-state index in [0.29, 0.717) is 23.9 Å². The quantitative estimate of drug-likeness (QED) is 0.748. The normalized spacial score (nSPS) is 10.8. The minimum Gasteiger partial charge on any atom is -0.306 e. The van der Waals surface area contributed by atoms with Gasteiger partial charge in [-0.3, -0.25) is 14.6 Å². The Balaban J connectivity index is 1.99. The van der Waals surface area contributed by atoms with Crippen molar-refractivity contribution in [3.8, 4) is 5.95 Å². The number of hydrogen-bond donors (Lipinski definition) is 2. The fraction of sp³-hybridized carbons (Fsp3) is 0.176. The van der Waals surface area contributed by atoms with Gasteiger partial charge in [-0.2, -0.15) is 9.78 Å². The summed E-state index contributed by atoms with van der Waals surface area (Å²) in [4.78, 5) is 30.9.